The van der Waals surface area contributed by atoms with Crippen molar-refractivity contribution in [2.24, 2.45) is 5.92 Å². The molecule has 12 heteroatoms. The first-order chi connectivity index (χ1) is 15.8. The zero-order valence-corrected chi connectivity index (χ0v) is 18.5. The van der Waals surface area contributed by atoms with Gasteiger partial charge in [-0.2, -0.15) is 26.3 Å². The Bertz CT molecular complexity index is 1080. The van der Waals surface area contributed by atoms with E-state index < -0.39 is 51.8 Å². The van der Waals surface area contributed by atoms with Crippen LogP contribution in [0.4, 0.5) is 26.3 Å². The van der Waals surface area contributed by atoms with E-state index in [0.717, 1.165) is 12.1 Å². The molecule has 1 aliphatic carbocycles. The van der Waals surface area contributed by atoms with Gasteiger partial charge in [0.1, 0.15) is 0 Å². The van der Waals surface area contributed by atoms with Crippen LogP contribution in [0.15, 0.2) is 59.5 Å². The number of carbonyl (C=O) groups is 1. The molecular formula is C22H22F6N2O3S. The van der Waals surface area contributed by atoms with E-state index >= 15 is 0 Å². The molecule has 1 amide bonds. The van der Waals surface area contributed by atoms with Crippen LogP contribution in [0.5, 0.6) is 0 Å². The molecule has 0 spiro atoms. The summed E-state index contributed by atoms with van der Waals surface area (Å²) in [7, 11) is -4.10. The van der Waals surface area contributed by atoms with E-state index in [-0.39, 0.29) is 36.1 Å². The molecule has 0 heterocycles. The molecule has 0 bridgehead atoms. The highest BCUT2D eigenvalue weighted by Crippen LogP contribution is 2.34. The van der Waals surface area contributed by atoms with Crippen molar-refractivity contribution >= 4 is 15.9 Å². The van der Waals surface area contributed by atoms with E-state index in [1.807, 2.05) is 0 Å². The molecule has 0 saturated heterocycles. The average molecular weight is 508 g/mol. The van der Waals surface area contributed by atoms with Crippen molar-refractivity contribution in [1.82, 2.24) is 10.0 Å². The van der Waals surface area contributed by atoms with Gasteiger partial charge >= 0.3 is 12.4 Å². The number of amides is 1. The summed E-state index contributed by atoms with van der Waals surface area (Å²) >= 11 is 0. The second-order valence-corrected chi connectivity index (χ2v) is 9.80. The lowest BCUT2D eigenvalue weighted by molar-refractivity contribution is -0.165. The van der Waals surface area contributed by atoms with Crippen LogP contribution >= 0.6 is 0 Å². The van der Waals surface area contributed by atoms with E-state index in [1.54, 1.807) is 6.07 Å². The van der Waals surface area contributed by atoms with Gasteiger partial charge in [-0.25, -0.2) is 13.1 Å². The number of hydrogen-bond donors (Lipinski definition) is 2. The van der Waals surface area contributed by atoms with E-state index in [0.29, 0.717) is 12.1 Å². The lowest BCUT2D eigenvalue weighted by Gasteiger charge is -2.30. The van der Waals surface area contributed by atoms with E-state index in [1.165, 1.54) is 24.3 Å². The summed E-state index contributed by atoms with van der Waals surface area (Å²) in [5.74, 6) is -1.49. The van der Waals surface area contributed by atoms with Crippen molar-refractivity contribution in [1.29, 1.82) is 0 Å². The van der Waals surface area contributed by atoms with Crippen LogP contribution in [-0.4, -0.2) is 26.5 Å². The number of sulfonamides is 1. The Morgan fingerprint density at radius 3 is 1.91 bits per heavy atom. The second-order valence-electron chi connectivity index (χ2n) is 8.09. The van der Waals surface area contributed by atoms with Gasteiger partial charge in [-0.15, -0.1) is 0 Å². The molecule has 2 aromatic carbocycles. The van der Waals surface area contributed by atoms with Gasteiger partial charge in [0.05, 0.1) is 10.5 Å². The summed E-state index contributed by atoms with van der Waals surface area (Å²) in [5.41, 5.74) is -1.08. The predicted octanol–water partition coefficient (Wildman–Crippen LogP) is 4.96. The van der Waals surface area contributed by atoms with Gasteiger partial charge in [-0.3, -0.25) is 4.79 Å². The maximum atomic E-state index is 13.5. The minimum absolute atomic E-state index is 0.0960. The number of rotatable bonds is 6. The Balaban J connectivity index is 1.58. The predicted molar refractivity (Wildman–Crippen MR) is 111 cm³/mol. The number of carbonyl (C=O) groups excluding carboxylic acids is 1. The Morgan fingerprint density at radius 2 is 1.41 bits per heavy atom. The topological polar surface area (TPSA) is 75.3 Å². The van der Waals surface area contributed by atoms with Gasteiger partial charge in [0.2, 0.25) is 15.9 Å². The van der Waals surface area contributed by atoms with E-state index in [2.05, 4.69) is 10.0 Å². The van der Waals surface area contributed by atoms with Gasteiger partial charge in [-0.1, -0.05) is 30.3 Å². The number of halogens is 6. The van der Waals surface area contributed by atoms with Crippen LogP contribution in [0, 0.1) is 5.92 Å². The van der Waals surface area contributed by atoms with Crippen LogP contribution in [0.3, 0.4) is 0 Å². The van der Waals surface area contributed by atoms with E-state index in [4.69, 9.17) is 0 Å². The number of alkyl halides is 6. The quantitative estimate of drug-likeness (QED) is 0.542. The van der Waals surface area contributed by atoms with Gasteiger partial charge in [0.15, 0.2) is 6.04 Å². The third-order valence-corrected chi connectivity index (χ3v) is 7.19. The van der Waals surface area contributed by atoms with Crippen LogP contribution < -0.4 is 10.0 Å². The fourth-order valence-corrected chi connectivity index (χ4v) is 5.15. The molecule has 186 valence electrons. The molecule has 0 aromatic heterocycles. The lowest BCUT2D eigenvalue weighted by atomic mass is 9.85. The van der Waals surface area contributed by atoms with Crippen LogP contribution in [-0.2, 0) is 21.0 Å². The molecule has 0 unspecified atom stereocenters. The van der Waals surface area contributed by atoms with Gasteiger partial charge in [-0.05, 0) is 55.5 Å². The number of benzene rings is 2. The highest BCUT2D eigenvalue weighted by molar-refractivity contribution is 7.89. The monoisotopic (exact) mass is 508 g/mol. The van der Waals surface area contributed by atoms with Crippen LogP contribution in [0.25, 0.3) is 0 Å². The summed E-state index contributed by atoms with van der Waals surface area (Å²) < 4.78 is 106. The summed E-state index contributed by atoms with van der Waals surface area (Å²) in [5, 5.41) is 2.05. The minimum atomic E-state index is -4.69. The molecule has 2 N–H and O–H groups in total. The Kier molecular flexibility index (Phi) is 7.61. The summed E-state index contributed by atoms with van der Waals surface area (Å²) in [6.45, 7) is 0. The van der Waals surface area contributed by atoms with Gasteiger partial charge in [0.25, 0.3) is 0 Å². The normalized spacial score (nSPS) is 20.5. The fraction of sp³-hybridized carbons (Fsp3) is 0.409. The molecule has 1 aliphatic rings. The van der Waals surface area contributed by atoms with Crippen LogP contribution in [0.1, 0.15) is 42.9 Å². The largest absolute Gasteiger partial charge is 0.416 e. The molecule has 2 aromatic rings. The first-order valence-corrected chi connectivity index (χ1v) is 11.9. The Hall–Kier alpha value is -2.60. The van der Waals surface area contributed by atoms with Crippen LogP contribution in [0.2, 0.25) is 0 Å². The van der Waals surface area contributed by atoms with Crippen molar-refractivity contribution in [3.8, 4) is 0 Å². The first kappa shape index (κ1) is 26.0. The second kappa shape index (κ2) is 9.95. The Labute approximate surface area is 192 Å². The smallest absolute Gasteiger partial charge is 0.341 e. The van der Waals surface area contributed by atoms with Gasteiger partial charge in [0, 0.05) is 12.0 Å². The van der Waals surface area contributed by atoms with E-state index in [9.17, 15) is 39.6 Å². The standard InChI is InChI=1S/C22H22F6N2O3S/c23-21(24,25)16-8-12-18(13-9-16)34(32,33)30-17-10-6-15(7-11-17)20(31)29-19(22(26,27)28)14-4-2-1-3-5-14/h1-5,8-9,12-13,15,17,19,30H,6-7,10-11H2,(H,29,31)/t15?,17?,19-/m0/s1. The molecule has 5 nitrogen and oxygen atoms in total. The fourth-order valence-electron chi connectivity index (χ4n) is 3.84. The maximum absolute atomic E-state index is 13.5. The first-order valence-electron chi connectivity index (χ1n) is 10.4. The molecule has 34 heavy (non-hydrogen) atoms. The molecule has 1 fully saturated rings. The minimum Gasteiger partial charge on any atom is -0.341 e. The van der Waals surface area contributed by atoms with Gasteiger partial charge < -0.3 is 5.32 Å². The zero-order chi connectivity index (χ0) is 25.1. The maximum Gasteiger partial charge on any atom is 0.416 e. The summed E-state index contributed by atoms with van der Waals surface area (Å²) in [6, 6.07) is 7.27. The van der Waals surface area contributed by atoms with Crippen molar-refractivity contribution in [3.05, 3.63) is 65.7 Å². The summed E-state index contributed by atoms with van der Waals surface area (Å²) in [4.78, 5) is 12.2. The highest BCUT2D eigenvalue weighted by Gasteiger charge is 2.43. The molecular weight excluding hydrogens is 486 g/mol. The molecule has 1 atom stereocenters. The average Bonchev–Trinajstić information content (AvgIpc) is 2.77. The SMILES string of the molecule is O=C(N[C@@H](c1ccccc1)C(F)(F)F)C1CCC(NS(=O)(=O)c2ccc(C(F)(F)F)cc2)CC1. The third-order valence-electron chi connectivity index (χ3n) is 5.66. The van der Waals surface area contributed by atoms with Crippen molar-refractivity contribution in [3.63, 3.8) is 0 Å². The highest BCUT2D eigenvalue weighted by atomic mass is 32.2. The number of hydrogen-bond acceptors (Lipinski definition) is 3. The molecule has 1 saturated carbocycles. The number of nitrogens with one attached hydrogen (secondary N) is 2. The zero-order valence-electron chi connectivity index (χ0n) is 17.7. The van der Waals surface area contributed by atoms with Crippen molar-refractivity contribution in [2.75, 3.05) is 0 Å². The molecule has 0 aliphatic heterocycles. The lowest BCUT2D eigenvalue weighted by Crippen LogP contribution is -2.44. The molecule has 3 rings (SSSR count). The third kappa shape index (κ3) is 6.50. The summed E-state index contributed by atoms with van der Waals surface area (Å²) in [6.07, 6.45) is -8.58. The molecule has 0 radical (unpaired) electrons. The van der Waals surface area contributed by atoms with Crippen molar-refractivity contribution < 1.29 is 39.6 Å². The Morgan fingerprint density at radius 1 is 0.853 bits per heavy atom. The van der Waals surface area contributed by atoms with Crippen molar-refractivity contribution in [2.45, 2.75) is 55.0 Å².